The molecule has 11 heteroatoms. The first-order valence-corrected chi connectivity index (χ1v) is 11.2. The van der Waals surface area contributed by atoms with Crippen molar-refractivity contribution in [1.82, 2.24) is 9.29 Å². The lowest BCUT2D eigenvalue weighted by Crippen LogP contribution is -2.31. The highest BCUT2D eigenvalue weighted by Crippen LogP contribution is 2.31. The molecule has 0 spiro atoms. The van der Waals surface area contributed by atoms with Gasteiger partial charge < -0.3 is 4.74 Å². The molecule has 2 amide bonds. The number of hydrogen-bond donors (Lipinski definition) is 1. The summed E-state index contributed by atoms with van der Waals surface area (Å²) in [6.07, 6.45) is 1.46. The van der Waals surface area contributed by atoms with E-state index in [2.05, 4.69) is 10.3 Å². The number of anilines is 2. The van der Waals surface area contributed by atoms with Gasteiger partial charge in [0.05, 0.1) is 22.7 Å². The van der Waals surface area contributed by atoms with Crippen molar-refractivity contribution in [3.8, 4) is 16.9 Å². The van der Waals surface area contributed by atoms with Crippen LogP contribution in [0.2, 0.25) is 0 Å². The quantitative estimate of drug-likeness (QED) is 0.603. The molecule has 0 saturated carbocycles. The minimum absolute atomic E-state index is 0.0826. The van der Waals surface area contributed by atoms with Crippen LogP contribution < -0.4 is 15.0 Å². The van der Waals surface area contributed by atoms with Crippen molar-refractivity contribution in [3.05, 3.63) is 60.3 Å². The third kappa shape index (κ3) is 5.18. The van der Waals surface area contributed by atoms with Crippen molar-refractivity contribution in [2.75, 3.05) is 31.4 Å². The average molecular weight is 458 g/mol. The fourth-order valence-corrected chi connectivity index (χ4v) is 4.09. The summed E-state index contributed by atoms with van der Waals surface area (Å²) in [5.41, 5.74) is 0.873. The standard InChI is InChI=1S/C20H19N5O4S2/c1-24(2)31(27,28)17-9-5-7-15(11-17)25(3)20(26)23-19-22-13-18(30-19)29-16-8-4-6-14(10-16)12-21/h4-11,13H,1-3H3,(H,22,23,26). The predicted octanol–water partition coefficient (Wildman–Crippen LogP) is 3.73. The van der Waals surface area contributed by atoms with Gasteiger partial charge in [0.1, 0.15) is 5.75 Å². The van der Waals surface area contributed by atoms with Crippen LogP contribution in [0.15, 0.2) is 59.6 Å². The summed E-state index contributed by atoms with van der Waals surface area (Å²) < 4.78 is 31.4. The first-order valence-electron chi connectivity index (χ1n) is 8.92. The highest BCUT2D eigenvalue weighted by atomic mass is 32.2. The van der Waals surface area contributed by atoms with Gasteiger partial charge >= 0.3 is 6.03 Å². The molecule has 2 aromatic carbocycles. The van der Waals surface area contributed by atoms with Crippen LogP contribution in [0.3, 0.4) is 0 Å². The fourth-order valence-electron chi connectivity index (χ4n) is 2.47. The Labute approximate surface area is 184 Å². The van der Waals surface area contributed by atoms with E-state index in [1.165, 1.54) is 44.4 Å². The summed E-state index contributed by atoms with van der Waals surface area (Å²) in [6.45, 7) is 0. The zero-order valence-corrected chi connectivity index (χ0v) is 18.6. The van der Waals surface area contributed by atoms with Crippen molar-refractivity contribution in [3.63, 3.8) is 0 Å². The van der Waals surface area contributed by atoms with E-state index in [1.54, 1.807) is 36.4 Å². The van der Waals surface area contributed by atoms with Crippen LogP contribution in [0.25, 0.3) is 0 Å². The summed E-state index contributed by atoms with van der Waals surface area (Å²) in [5.74, 6) is 0.483. The zero-order valence-electron chi connectivity index (χ0n) is 16.9. The Morgan fingerprint density at radius 1 is 1.16 bits per heavy atom. The molecule has 1 heterocycles. The van der Waals surface area contributed by atoms with Gasteiger partial charge in [-0.15, -0.1) is 0 Å². The van der Waals surface area contributed by atoms with E-state index in [0.29, 0.717) is 27.2 Å². The first kappa shape index (κ1) is 22.2. The Morgan fingerprint density at radius 2 is 1.90 bits per heavy atom. The monoisotopic (exact) mass is 457 g/mol. The molecule has 160 valence electrons. The lowest BCUT2D eigenvalue weighted by Gasteiger charge is -2.19. The number of urea groups is 1. The minimum atomic E-state index is -3.62. The second-order valence-corrected chi connectivity index (χ2v) is 9.65. The van der Waals surface area contributed by atoms with E-state index in [9.17, 15) is 13.2 Å². The molecule has 0 bridgehead atoms. The Morgan fingerprint density at radius 3 is 2.61 bits per heavy atom. The van der Waals surface area contributed by atoms with Gasteiger partial charge in [0, 0.05) is 26.8 Å². The highest BCUT2D eigenvalue weighted by Gasteiger charge is 2.20. The molecule has 31 heavy (non-hydrogen) atoms. The molecule has 0 fully saturated rings. The van der Waals surface area contributed by atoms with Gasteiger partial charge in [-0.05, 0) is 36.4 Å². The number of hydrogen-bond acceptors (Lipinski definition) is 7. The summed E-state index contributed by atoms with van der Waals surface area (Å²) in [5, 5.41) is 12.4. The van der Waals surface area contributed by atoms with E-state index >= 15 is 0 Å². The van der Waals surface area contributed by atoms with Crippen molar-refractivity contribution in [2.24, 2.45) is 0 Å². The number of carbonyl (C=O) groups excluding carboxylic acids is 1. The van der Waals surface area contributed by atoms with Gasteiger partial charge in [0.2, 0.25) is 15.1 Å². The lowest BCUT2D eigenvalue weighted by atomic mass is 10.2. The van der Waals surface area contributed by atoms with Gasteiger partial charge in [0.15, 0.2) is 5.13 Å². The van der Waals surface area contributed by atoms with Crippen LogP contribution in [0, 0.1) is 11.3 Å². The van der Waals surface area contributed by atoms with Crippen molar-refractivity contribution in [1.29, 1.82) is 5.26 Å². The number of sulfonamides is 1. The smallest absolute Gasteiger partial charge is 0.327 e. The van der Waals surface area contributed by atoms with Gasteiger partial charge in [-0.1, -0.05) is 23.5 Å². The summed E-state index contributed by atoms with van der Waals surface area (Å²) in [4.78, 5) is 18.1. The molecule has 9 nitrogen and oxygen atoms in total. The Hall–Kier alpha value is -3.46. The van der Waals surface area contributed by atoms with Gasteiger partial charge in [-0.3, -0.25) is 10.2 Å². The first-order chi connectivity index (χ1) is 14.7. The third-order valence-electron chi connectivity index (χ3n) is 4.17. The molecule has 0 aliphatic heterocycles. The molecule has 3 rings (SSSR count). The van der Waals surface area contributed by atoms with Gasteiger partial charge in [-0.2, -0.15) is 5.26 Å². The predicted molar refractivity (Wildman–Crippen MR) is 118 cm³/mol. The van der Waals surface area contributed by atoms with Crippen LogP contribution >= 0.6 is 11.3 Å². The number of nitriles is 1. The molecule has 0 saturated heterocycles. The molecule has 0 unspecified atom stereocenters. The largest absolute Gasteiger partial charge is 0.445 e. The second kappa shape index (κ2) is 9.13. The third-order valence-corrected chi connectivity index (χ3v) is 6.77. The summed E-state index contributed by atoms with van der Waals surface area (Å²) in [6, 6.07) is 14.3. The van der Waals surface area contributed by atoms with E-state index < -0.39 is 16.1 Å². The number of ether oxygens (including phenoxy) is 1. The van der Waals surface area contributed by atoms with Crippen LogP contribution in [0.5, 0.6) is 10.8 Å². The fraction of sp³-hybridized carbons (Fsp3) is 0.150. The molecular formula is C20H19N5O4S2. The molecule has 0 aliphatic carbocycles. The van der Waals surface area contributed by atoms with E-state index in [1.807, 2.05) is 6.07 Å². The number of rotatable bonds is 6. The van der Waals surface area contributed by atoms with Gasteiger partial charge in [0.25, 0.3) is 0 Å². The maximum Gasteiger partial charge on any atom is 0.327 e. The Kier molecular flexibility index (Phi) is 6.55. The number of carbonyl (C=O) groups is 1. The average Bonchev–Trinajstić information content (AvgIpc) is 3.19. The van der Waals surface area contributed by atoms with Crippen LogP contribution in [0.1, 0.15) is 5.56 Å². The van der Waals surface area contributed by atoms with Gasteiger partial charge in [-0.25, -0.2) is 22.5 Å². The molecule has 0 radical (unpaired) electrons. The molecular weight excluding hydrogens is 438 g/mol. The number of benzene rings is 2. The normalized spacial score (nSPS) is 11.1. The van der Waals surface area contributed by atoms with Crippen molar-refractivity contribution in [2.45, 2.75) is 4.90 Å². The molecule has 0 aliphatic rings. The van der Waals surface area contributed by atoms with Crippen LogP contribution in [0.4, 0.5) is 15.6 Å². The van der Waals surface area contributed by atoms with Crippen LogP contribution in [-0.4, -0.2) is 44.9 Å². The molecule has 3 aromatic rings. The number of nitrogens with zero attached hydrogens (tertiary/aromatic N) is 4. The second-order valence-electron chi connectivity index (χ2n) is 6.50. The number of amides is 2. The maximum atomic E-state index is 12.6. The number of aromatic nitrogens is 1. The summed E-state index contributed by atoms with van der Waals surface area (Å²) in [7, 11) is 0.785. The molecule has 1 aromatic heterocycles. The minimum Gasteiger partial charge on any atom is -0.445 e. The van der Waals surface area contributed by atoms with Crippen molar-refractivity contribution < 1.29 is 17.9 Å². The highest BCUT2D eigenvalue weighted by molar-refractivity contribution is 7.89. The van der Waals surface area contributed by atoms with E-state index in [4.69, 9.17) is 10.00 Å². The zero-order chi connectivity index (χ0) is 22.6. The molecule has 1 N–H and O–H groups in total. The Bertz CT molecular complexity index is 1250. The maximum absolute atomic E-state index is 12.6. The van der Waals surface area contributed by atoms with Crippen LogP contribution in [-0.2, 0) is 10.0 Å². The van der Waals surface area contributed by atoms with E-state index in [-0.39, 0.29) is 4.90 Å². The lowest BCUT2D eigenvalue weighted by molar-refractivity contribution is 0.258. The van der Waals surface area contributed by atoms with E-state index in [0.717, 1.165) is 15.6 Å². The molecule has 0 atom stereocenters. The summed E-state index contributed by atoms with van der Waals surface area (Å²) >= 11 is 1.12. The number of nitrogens with one attached hydrogen (secondary N) is 1. The Balaban J connectivity index is 1.70. The SMILES string of the molecule is CN(C(=O)Nc1ncc(Oc2cccc(C#N)c2)s1)c1cccc(S(=O)(=O)N(C)C)c1. The van der Waals surface area contributed by atoms with Crippen molar-refractivity contribution >= 4 is 38.2 Å². The topological polar surface area (TPSA) is 116 Å². The number of thiazole rings is 1.